The molecule has 0 saturated heterocycles. The summed E-state index contributed by atoms with van der Waals surface area (Å²) in [6.45, 7) is 3.25. The van der Waals surface area contributed by atoms with Crippen molar-refractivity contribution in [2.24, 2.45) is 0 Å². The lowest BCUT2D eigenvalue weighted by atomic mass is 10.0. The highest BCUT2D eigenvalue weighted by Crippen LogP contribution is 2.26. The molecule has 1 N–H and O–H groups in total. The molecule has 3 aromatic rings. The van der Waals surface area contributed by atoms with Gasteiger partial charge in [-0.25, -0.2) is 8.42 Å². The van der Waals surface area contributed by atoms with Crippen molar-refractivity contribution in [3.05, 3.63) is 99.0 Å². The van der Waals surface area contributed by atoms with Gasteiger partial charge in [0.1, 0.15) is 12.6 Å². The minimum Gasteiger partial charge on any atom is -0.352 e. The Morgan fingerprint density at radius 2 is 1.55 bits per heavy atom. The summed E-state index contributed by atoms with van der Waals surface area (Å²) in [5.41, 5.74) is 1.67. The molecule has 0 radical (unpaired) electrons. The number of halogens is 3. The number of anilines is 1. The van der Waals surface area contributed by atoms with Crippen molar-refractivity contribution in [3.63, 3.8) is 0 Å². The number of hydrogen-bond donors (Lipinski definition) is 1. The van der Waals surface area contributed by atoms with E-state index in [-0.39, 0.29) is 30.6 Å². The Morgan fingerprint density at radius 3 is 2.12 bits per heavy atom. The fourth-order valence-electron chi connectivity index (χ4n) is 4.05. The van der Waals surface area contributed by atoms with Crippen LogP contribution in [0.15, 0.2) is 72.8 Å². The summed E-state index contributed by atoms with van der Waals surface area (Å²) in [6.07, 6.45) is 1.92. The predicted molar refractivity (Wildman–Crippen MR) is 162 cm³/mol. The zero-order chi connectivity index (χ0) is 29.4. The largest absolute Gasteiger partial charge is 0.352 e. The highest BCUT2D eigenvalue weighted by molar-refractivity contribution is 7.92. The normalized spacial score (nSPS) is 12.8. The average Bonchev–Trinajstić information content (AvgIpc) is 2.90. The lowest BCUT2D eigenvalue weighted by Crippen LogP contribution is -2.54. The van der Waals surface area contributed by atoms with Crippen LogP contribution in [0, 0.1) is 0 Å². The summed E-state index contributed by atoms with van der Waals surface area (Å²) in [5, 5.41) is 4.15. The van der Waals surface area contributed by atoms with E-state index in [0.717, 1.165) is 16.1 Å². The number of hydrogen-bond acceptors (Lipinski definition) is 4. The van der Waals surface area contributed by atoms with Crippen molar-refractivity contribution in [2.75, 3.05) is 17.1 Å². The van der Waals surface area contributed by atoms with Crippen LogP contribution in [0.5, 0.6) is 0 Å². The van der Waals surface area contributed by atoms with Crippen LogP contribution in [0.3, 0.4) is 0 Å². The minimum atomic E-state index is -3.88. The van der Waals surface area contributed by atoms with Gasteiger partial charge in [-0.15, -0.1) is 0 Å². The molecular weight excluding hydrogens is 593 g/mol. The van der Waals surface area contributed by atoms with E-state index in [2.05, 4.69) is 5.32 Å². The van der Waals surface area contributed by atoms with Gasteiger partial charge in [-0.2, -0.15) is 0 Å². The van der Waals surface area contributed by atoms with E-state index >= 15 is 0 Å². The van der Waals surface area contributed by atoms with Crippen LogP contribution < -0.4 is 9.62 Å². The molecule has 0 bridgehead atoms. The Hall–Kier alpha value is -2.78. The Kier molecular flexibility index (Phi) is 11.3. The van der Waals surface area contributed by atoms with Crippen LogP contribution in [-0.4, -0.2) is 50.0 Å². The van der Waals surface area contributed by atoms with Crippen molar-refractivity contribution in [1.82, 2.24) is 10.2 Å². The molecule has 11 heteroatoms. The van der Waals surface area contributed by atoms with Gasteiger partial charge in [0.2, 0.25) is 21.8 Å². The minimum absolute atomic E-state index is 0.0432. The van der Waals surface area contributed by atoms with Gasteiger partial charge in [0.15, 0.2) is 0 Å². The summed E-state index contributed by atoms with van der Waals surface area (Å²) >= 11 is 18.6. The van der Waals surface area contributed by atoms with Crippen LogP contribution in [0.1, 0.15) is 31.4 Å². The lowest BCUT2D eigenvalue weighted by molar-refractivity contribution is -0.140. The highest BCUT2D eigenvalue weighted by atomic mass is 35.5. The van der Waals surface area contributed by atoms with Gasteiger partial charge in [0.05, 0.1) is 11.9 Å². The standard InChI is InChI=1S/C29H32Cl3N3O4S/c1-4-20(2)33-29(37)27(16-21-8-6-5-7-9-21)34(18-22-10-11-24(31)17-26(22)32)28(36)19-35(40(3,38)39)25-14-12-23(30)13-15-25/h5-15,17,20,27H,4,16,18-19H2,1-3H3,(H,33,37)/t20-,27+/m0/s1. The zero-order valence-electron chi connectivity index (χ0n) is 22.5. The first-order valence-corrected chi connectivity index (χ1v) is 15.7. The predicted octanol–water partition coefficient (Wildman–Crippen LogP) is 5.97. The first-order chi connectivity index (χ1) is 18.9. The van der Waals surface area contributed by atoms with Gasteiger partial charge in [-0.3, -0.25) is 13.9 Å². The molecule has 0 fully saturated rings. The fraction of sp³-hybridized carbons (Fsp3) is 0.310. The Morgan fingerprint density at radius 1 is 0.925 bits per heavy atom. The number of nitrogens with zero attached hydrogens (tertiary/aromatic N) is 2. The maximum Gasteiger partial charge on any atom is 0.244 e. The molecular formula is C29H32Cl3N3O4S. The highest BCUT2D eigenvalue weighted by Gasteiger charge is 2.33. The molecule has 2 amide bonds. The smallest absolute Gasteiger partial charge is 0.244 e. The van der Waals surface area contributed by atoms with Crippen molar-refractivity contribution in [2.45, 2.75) is 45.3 Å². The molecule has 214 valence electrons. The molecule has 3 aromatic carbocycles. The van der Waals surface area contributed by atoms with Gasteiger partial charge < -0.3 is 10.2 Å². The molecule has 40 heavy (non-hydrogen) atoms. The van der Waals surface area contributed by atoms with Crippen LogP contribution in [0.2, 0.25) is 15.1 Å². The van der Waals surface area contributed by atoms with E-state index < -0.39 is 28.5 Å². The van der Waals surface area contributed by atoms with Crippen LogP contribution in [0.25, 0.3) is 0 Å². The van der Waals surface area contributed by atoms with E-state index in [4.69, 9.17) is 34.8 Å². The summed E-state index contributed by atoms with van der Waals surface area (Å²) in [4.78, 5) is 29.1. The van der Waals surface area contributed by atoms with Crippen molar-refractivity contribution >= 4 is 62.3 Å². The van der Waals surface area contributed by atoms with E-state index in [9.17, 15) is 18.0 Å². The molecule has 2 atom stereocenters. The van der Waals surface area contributed by atoms with Crippen molar-refractivity contribution in [3.8, 4) is 0 Å². The van der Waals surface area contributed by atoms with Gasteiger partial charge in [-0.1, -0.05) is 78.1 Å². The second-order valence-electron chi connectivity index (χ2n) is 9.53. The van der Waals surface area contributed by atoms with Crippen LogP contribution >= 0.6 is 34.8 Å². The quantitative estimate of drug-likeness (QED) is 0.269. The topological polar surface area (TPSA) is 86.8 Å². The molecule has 0 aliphatic heterocycles. The van der Waals surface area contributed by atoms with E-state index in [1.165, 1.54) is 17.0 Å². The fourth-order valence-corrected chi connectivity index (χ4v) is 5.49. The van der Waals surface area contributed by atoms with Crippen LogP contribution in [-0.2, 0) is 32.6 Å². The molecule has 0 aromatic heterocycles. The number of carbonyl (C=O) groups is 2. The molecule has 0 aliphatic rings. The molecule has 0 spiro atoms. The SMILES string of the molecule is CC[C@H](C)NC(=O)[C@@H](Cc1ccccc1)N(Cc1ccc(Cl)cc1Cl)C(=O)CN(c1ccc(Cl)cc1)S(C)(=O)=O. The van der Waals surface area contributed by atoms with Crippen molar-refractivity contribution in [1.29, 1.82) is 0 Å². The molecule has 0 aliphatic carbocycles. The Labute approximate surface area is 251 Å². The second-order valence-corrected chi connectivity index (χ2v) is 12.7. The Balaban J connectivity index is 2.08. The molecule has 0 saturated carbocycles. The monoisotopic (exact) mass is 623 g/mol. The number of rotatable bonds is 12. The first-order valence-electron chi connectivity index (χ1n) is 12.7. The lowest BCUT2D eigenvalue weighted by Gasteiger charge is -2.34. The van der Waals surface area contributed by atoms with Gasteiger partial charge in [0.25, 0.3) is 0 Å². The molecule has 3 rings (SSSR count). The van der Waals surface area contributed by atoms with Crippen molar-refractivity contribution < 1.29 is 18.0 Å². The van der Waals surface area contributed by atoms with Gasteiger partial charge in [-0.05, 0) is 60.9 Å². The van der Waals surface area contributed by atoms with E-state index in [0.29, 0.717) is 27.1 Å². The number of nitrogens with one attached hydrogen (secondary N) is 1. The van der Waals surface area contributed by atoms with E-state index in [1.54, 1.807) is 30.3 Å². The third-order valence-corrected chi connectivity index (χ3v) is 8.40. The summed E-state index contributed by atoms with van der Waals surface area (Å²) in [6, 6.07) is 19.3. The Bertz CT molecular complexity index is 1420. The van der Waals surface area contributed by atoms with Crippen LogP contribution in [0.4, 0.5) is 5.69 Å². The summed E-state index contributed by atoms with van der Waals surface area (Å²) in [7, 11) is -3.88. The van der Waals surface area contributed by atoms with Gasteiger partial charge >= 0.3 is 0 Å². The maximum absolute atomic E-state index is 14.1. The number of amides is 2. The third kappa shape index (κ3) is 8.86. The average molecular weight is 625 g/mol. The molecule has 7 nitrogen and oxygen atoms in total. The summed E-state index contributed by atoms with van der Waals surface area (Å²) in [5.74, 6) is -0.930. The third-order valence-electron chi connectivity index (χ3n) is 6.42. The molecule has 0 unspecified atom stereocenters. The molecule has 0 heterocycles. The number of benzene rings is 3. The number of sulfonamides is 1. The number of carbonyl (C=O) groups excluding carboxylic acids is 2. The maximum atomic E-state index is 14.1. The first kappa shape index (κ1) is 31.7. The van der Waals surface area contributed by atoms with E-state index in [1.807, 2.05) is 44.2 Å². The zero-order valence-corrected chi connectivity index (χ0v) is 25.6. The summed E-state index contributed by atoms with van der Waals surface area (Å²) < 4.78 is 26.6. The second kappa shape index (κ2) is 14.2. The van der Waals surface area contributed by atoms with Gasteiger partial charge in [0, 0.05) is 34.1 Å².